The maximum atomic E-state index is 12.2. The van der Waals surface area contributed by atoms with Gasteiger partial charge in [-0.15, -0.1) is 0 Å². The number of aromatic amines is 1. The van der Waals surface area contributed by atoms with Crippen LogP contribution in [0.5, 0.6) is 0 Å². The lowest BCUT2D eigenvalue weighted by molar-refractivity contribution is 0.0950. The van der Waals surface area contributed by atoms with Crippen LogP contribution in [0.1, 0.15) is 32.7 Å². The van der Waals surface area contributed by atoms with Gasteiger partial charge in [-0.05, 0) is 56.2 Å². The molecule has 0 saturated heterocycles. The molecule has 0 atom stereocenters. The molecule has 0 bridgehead atoms. The number of H-pyrrole nitrogens is 1. The first-order valence-corrected chi connectivity index (χ1v) is 7.33. The van der Waals surface area contributed by atoms with Crippen LogP contribution >= 0.6 is 15.9 Å². The van der Waals surface area contributed by atoms with E-state index in [0.29, 0.717) is 11.1 Å². The molecule has 109 valence electrons. The number of halogens is 1. The molecule has 1 heterocycles. The predicted octanol–water partition coefficient (Wildman–Crippen LogP) is 2.79. The van der Waals surface area contributed by atoms with Gasteiger partial charge in [0.25, 0.3) is 11.5 Å². The molecule has 1 aromatic carbocycles. The summed E-state index contributed by atoms with van der Waals surface area (Å²) in [6.45, 7) is 5.75. The lowest BCUT2D eigenvalue weighted by Crippen LogP contribution is -2.28. The second kappa shape index (κ2) is 6.26. The van der Waals surface area contributed by atoms with Crippen LogP contribution in [0.15, 0.2) is 27.5 Å². The largest absolute Gasteiger partial charge is 0.348 e. The van der Waals surface area contributed by atoms with Crippen LogP contribution in [0.3, 0.4) is 0 Å². The third-order valence-electron chi connectivity index (χ3n) is 3.36. The van der Waals surface area contributed by atoms with Crippen LogP contribution in [0, 0.1) is 26.8 Å². The Morgan fingerprint density at radius 2 is 2.05 bits per heavy atom. The first-order valence-electron chi connectivity index (χ1n) is 6.54. The van der Waals surface area contributed by atoms with Gasteiger partial charge in [0, 0.05) is 27.8 Å². The molecule has 2 N–H and O–H groups in total. The lowest BCUT2D eigenvalue weighted by Gasteiger charge is -2.10. The number of hydrogen-bond acceptors (Lipinski definition) is 2. The van der Waals surface area contributed by atoms with E-state index in [9.17, 15) is 9.59 Å². The van der Waals surface area contributed by atoms with E-state index in [1.54, 1.807) is 12.1 Å². The van der Waals surface area contributed by atoms with Crippen LogP contribution in [0.4, 0.5) is 0 Å². The summed E-state index contributed by atoms with van der Waals surface area (Å²) in [6.07, 6.45) is 0. The van der Waals surface area contributed by atoms with Crippen LogP contribution in [0.25, 0.3) is 0 Å². The van der Waals surface area contributed by atoms with Gasteiger partial charge in [0.1, 0.15) is 0 Å². The highest BCUT2D eigenvalue weighted by atomic mass is 79.9. The Morgan fingerprint density at radius 1 is 1.33 bits per heavy atom. The number of aromatic nitrogens is 1. The molecule has 2 rings (SSSR count). The molecule has 2 aromatic rings. The van der Waals surface area contributed by atoms with Gasteiger partial charge in [0.2, 0.25) is 0 Å². The molecule has 0 spiro atoms. The van der Waals surface area contributed by atoms with E-state index < -0.39 is 0 Å². The minimum absolute atomic E-state index is 0.162. The highest BCUT2D eigenvalue weighted by Crippen LogP contribution is 2.19. The lowest BCUT2D eigenvalue weighted by atomic mass is 10.1. The smallest absolute Gasteiger partial charge is 0.253 e. The van der Waals surface area contributed by atoms with E-state index in [1.165, 1.54) is 0 Å². The van der Waals surface area contributed by atoms with Gasteiger partial charge >= 0.3 is 0 Å². The van der Waals surface area contributed by atoms with Gasteiger partial charge in [-0.1, -0.05) is 15.9 Å². The van der Waals surface area contributed by atoms with E-state index in [1.807, 2.05) is 26.8 Å². The average Bonchev–Trinajstić information content (AvgIpc) is 2.40. The van der Waals surface area contributed by atoms with Crippen LogP contribution in [0.2, 0.25) is 0 Å². The topological polar surface area (TPSA) is 62.0 Å². The Kier molecular flexibility index (Phi) is 4.63. The number of carbonyl (C=O) groups is 1. The Hall–Kier alpha value is -1.88. The number of pyridine rings is 1. The minimum atomic E-state index is -0.218. The van der Waals surface area contributed by atoms with Crippen molar-refractivity contribution < 1.29 is 4.79 Å². The van der Waals surface area contributed by atoms with Crippen molar-refractivity contribution in [1.82, 2.24) is 10.3 Å². The number of rotatable bonds is 3. The Morgan fingerprint density at radius 3 is 2.71 bits per heavy atom. The summed E-state index contributed by atoms with van der Waals surface area (Å²) in [5.74, 6) is -0.218. The van der Waals surface area contributed by atoms with Crippen LogP contribution in [-0.2, 0) is 6.54 Å². The molecule has 0 unspecified atom stereocenters. The molecule has 5 heteroatoms. The number of benzene rings is 1. The highest BCUT2D eigenvalue weighted by molar-refractivity contribution is 9.10. The number of aryl methyl sites for hydroxylation is 2. The first kappa shape index (κ1) is 15.5. The standard InChI is InChI=1S/C16H16BrN2O2/c1-9-7-10(2)19-16(21)13(9)8-18-15(20)12-5-4-6-14(17)11(12)3/h5-7H,8H2,1-3H3,(H,18,20)(H,19,21). The molecule has 0 saturated carbocycles. The summed E-state index contributed by atoms with van der Waals surface area (Å²) in [4.78, 5) is 26.9. The van der Waals surface area contributed by atoms with E-state index >= 15 is 0 Å². The SMILES string of the molecule is Cc1cc(C)c(CNC(=O)c2c[c]cc(Br)c2C)c(=O)[nH]1. The van der Waals surface area contributed by atoms with E-state index in [0.717, 1.165) is 21.3 Å². The van der Waals surface area contributed by atoms with Gasteiger partial charge in [-0.2, -0.15) is 0 Å². The molecule has 1 amide bonds. The summed E-state index contributed by atoms with van der Waals surface area (Å²) in [5.41, 5.74) is 3.49. The zero-order valence-corrected chi connectivity index (χ0v) is 13.7. The van der Waals surface area contributed by atoms with Crippen molar-refractivity contribution in [2.45, 2.75) is 27.3 Å². The first-order chi connectivity index (χ1) is 9.90. The number of amides is 1. The van der Waals surface area contributed by atoms with Gasteiger partial charge in [-0.25, -0.2) is 0 Å². The molecule has 4 nitrogen and oxygen atoms in total. The molecular formula is C16H16BrN2O2. The maximum Gasteiger partial charge on any atom is 0.253 e. The summed E-state index contributed by atoms with van der Waals surface area (Å²) in [7, 11) is 0. The fraction of sp³-hybridized carbons (Fsp3) is 0.250. The zero-order valence-electron chi connectivity index (χ0n) is 12.1. The maximum absolute atomic E-state index is 12.2. The zero-order chi connectivity index (χ0) is 15.6. The molecule has 0 fully saturated rings. The van der Waals surface area contributed by atoms with Gasteiger partial charge in [0.15, 0.2) is 0 Å². The molecule has 1 radical (unpaired) electrons. The highest BCUT2D eigenvalue weighted by Gasteiger charge is 2.12. The summed E-state index contributed by atoms with van der Waals surface area (Å²) in [5, 5.41) is 2.78. The van der Waals surface area contributed by atoms with Crippen LogP contribution in [-0.4, -0.2) is 10.9 Å². The summed E-state index contributed by atoms with van der Waals surface area (Å²) >= 11 is 3.38. The molecule has 21 heavy (non-hydrogen) atoms. The van der Waals surface area contributed by atoms with E-state index in [2.05, 4.69) is 32.3 Å². The fourth-order valence-electron chi connectivity index (χ4n) is 2.14. The third-order valence-corrected chi connectivity index (χ3v) is 4.19. The quantitative estimate of drug-likeness (QED) is 0.896. The fourth-order valence-corrected chi connectivity index (χ4v) is 2.49. The van der Waals surface area contributed by atoms with Crippen molar-refractivity contribution in [2.75, 3.05) is 0 Å². The molecule has 1 aromatic heterocycles. The predicted molar refractivity (Wildman–Crippen MR) is 85.4 cm³/mol. The van der Waals surface area contributed by atoms with Crippen molar-refractivity contribution in [3.63, 3.8) is 0 Å². The van der Waals surface area contributed by atoms with Crippen molar-refractivity contribution in [2.24, 2.45) is 0 Å². The van der Waals surface area contributed by atoms with Gasteiger partial charge in [-0.3, -0.25) is 9.59 Å². The van der Waals surface area contributed by atoms with Gasteiger partial charge < -0.3 is 10.3 Å². The Labute approximate surface area is 131 Å². The molecular weight excluding hydrogens is 332 g/mol. The van der Waals surface area contributed by atoms with Crippen molar-refractivity contribution in [1.29, 1.82) is 0 Å². The van der Waals surface area contributed by atoms with Gasteiger partial charge in [0.05, 0.1) is 0 Å². The Bertz CT molecular complexity index is 750. The second-order valence-electron chi connectivity index (χ2n) is 4.97. The van der Waals surface area contributed by atoms with Crippen molar-refractivity contribution in [3.8, 4) is 0 Å². The number of hydrogen-bond donors (Lipinski definition) is 2. The van der Waals surface area contributed by atoms with E-state index in [-0.39, 0.29) is 18.0 Å². The second-order valence-corrected chi connectivity index (χ2v) is 5.82. The monoisotopic (exact) mass is 347 g/mol. The normalized spacial score (nSPS) is 10.5. The molecule has 0 aliphatic carbocycles. The van der Waals surface area contributed by atoms with Crippen molar-refractivity contribution >= 4 is 21.8 Å². The number of nitrogens with one attached hydrogen (secondary N) is 2. The Balaban J connectivity index is 2.19. The summed E-state index contributed by atoms with van der Waals surface area (Å²) < 4.78 is 0.833. The van der Waals surface area contributed by atoms with Crippen LogP contribution < -0.4 is 10.9 Å². The van der Waals surface area contributed by atoms with Crippen molar-refractivity contribution in [3.05, 3.63) is 67.0 Å². The molecule has 0 aliphatic heterocycles. The third kappa shape index (κ3) is 3.42. The minimum Gasteiger partial charge on any atom is -0.348 e. The average molecular weight is 348 g/mol. The summed E-state index contributed by atoms with van der Waals surface area (Å²) in [6, 6.07) is 8.20. The van der Waals surface area contributed by atoms with E-state index in [4.69, 9.17) is 0 Å². The molecule has 0 aliphatic rings. The number of carbonyl (C=O) groups excluding carboxylic acids is 1.